The molecule has 1 rings (SSSR count). The van der Waals surface area contributed by atoms with Crippen LogP contribution in [0.1, 0.15) is 19.4 Å². The summed E-state index contributed by atoms with van der Waals surface area (Å²) in [7, 11) is 1.67. The van der Waals surface area contributed by atoms with E-state index in [-0.39, 0.29) is 0 Å². The van der Waals surface area contributed by atoms with Gasteiger partial charge in [-0.3, -0.25) is 0 Å². The van der Waals surface area contributed by atoms with Gasteiger partial charge in [-0.2, -0.15) is 0 Å². The van der Waals surface area contributed by atoms with Crippen molar-refractivity contribution >= 4 is 31.9 Å². The van der Waals surface area contributed by atoms with Crippen LogP contribution in [0.25, 0.3) is 0 Å². The molecule has 0 spiro atoms. The lowest BCUT2D eigenvalue weighted by Gasteiger charge is -2.18. The number of rotatable bonds is 8. The second kappa shape index (κ2) is 8.95. The smallest absolute Gasteiger partial charge is 0.147 e. The summed E-state index contributed by atoms with van der Waals surface area (Å²) in [5, 5.41) is 3.47. The van der Waals surface area contributed by atoms with Gasteiger partial charge >= 0.3 is 0 Å². The maximum absolute atomic E-state index is 5.30. The third-order valence-electron chi connectivity index (χ3n) is 3.09. The average Bonchev–Trinajstić information content (AvgIpc) is 2.38. The maximum Gasteiger partial charge on any atom is 0.147 e. The highest BCUT2D eigenvalue weighted by atomic mass is 79.9. The van der Waals surface area contributed by atoms with Crippen LogP contribution in [0, 0.1) is 0 Å². The molecule has 0 aliphatic heterocycles. The van der Waals surface area contributed by atoms with E-state index in [9.17, 15) is 0 Å². The number of ether oxygens (including phenoxy) is 1. The fraction of sp³-hybridized carbons (Fsp3) is 0.571. The van der Waals surface area contributed by atoms with E-state index in [0.717, 1.165) is 47.4 Å². The molecular formula is C14H22Br2N2O. The van der Waals surface area contributed by atoms with Crippen molar-refractivity contribution in [3.05, 3.63) is 26.6 Å². The Bertz CT molecular complexity index is 372. The zero-order chi connectivity index (χ0) is 14.3. The van der Waals surface area contributed by atoms with Crippen molar-refractivity contribution in [1.29, 1.82) is 0 Å². The van der Waals surface area contributed by atoms with Gasteiger partial charge in [0.25, 0.3) is 0 Å². The zero-order valence-electron chi connectivity index (χ0n) is 11.8. The van der Waals surface area contributed by atoms with Gasteiger partial charge < -0.3 is 15.0 Å². The van der Waals surface area contributed by atoms with Crippen molar-refractivity contribution in [3.8, 4) is 5.75 Å². The van der Waals surface area contributed by atoms with Crippen molar-refractivity contribution in [2.45, 2.75) is 20.4 Å². The van der Waals surface area contributed by atoms with Gasteiger partial charge in [0.1, 0.15) is 5.75 Å². The molecule has 0 unspecified atom stereocenters. The molecule has 0 atom stereocenters. The van der Waals surface area contributed by atoms with Crippen LogP contribution in [0.4, 0.5) is 0 Å². The lowest BCUT2D eigenvalue weighted by atomic mass is 10.2. The molecule has 0 saturated heterocycles. The molecule has 0 heterocycles. The summed E-state index contributed by atoms with van der Waals surface area (Å²) in [6, 6.07) is 4.18. The fourth-order valence-corrected chi connectivity index (χ4v) is 3.52. The van der Waals surface area contributed by atoms with Crippen LogP contribution >= 0.6 is 31.9 Å². The van der Waals surface area contributed by atoms with Gasteiger partial charge in [0.15, 0.2) is 0 Å². The molecule has 0 saturated carbocycles. The molecule has 0 aliphatic rings. The summed E-state index contributed by atoms with van der Waals surface area (Å²) in [5.41, 5.74) is 1.24. The van der Waals surface area contributed by atoms with Crippen LogP contribution in [-0.4, -0.2) is 38.2 Å². The predicted molar refractivity (Wildman–Crippen MR) is 87.9 cm³/mol. The summed E-state index contributed by atoms with van der Waals surface area (Å²) >= 11 is 7.04. The molecule has 19 heavy (non-hydrogen) atoms. The number of nitrogens with zero attached hydrogens (tertiary/aromatic N) is 1. The fourth-order valence-electron chi connectivity index (χ4n) is 1.92. The Morgan fingerprint density at radius 3 is 2.21 bits per heavy atom. The van der Waals surface area contributed by atoms with E-state index in [1.54, 1.807) is 7.11 Å². The summed E-state index contributed by atoms with van der Waals surface area (Å²) in [6.45, 7) is 9.56. The summed E-state index contributed by atoms with van der Waals surface area (Å²) in [5.74, 6) is 0.840. The van der Waals surface area contributed by atoms with Gasteiger partial charge in [0.2, 0.25) is 0 Å². The first-order valence-electron chi connectivity index (χ1n) is 6.57. The highest BCUT2D eigenvalue weighted by Crippen LogP contribution is 2.34. The van der Waals surface area contributed by atoms with Gasteiger partial charge in [-0.15, -0.1) is 0 Å². The van der Waals surface area contributed by atoms with E-state index < -0.39 is 0 Å². The second-order valence-corrected chi connectivity index (χ2v) is 6.01. The van der Waals surface area contributed by atoms with E-state index in [1.165, 1.54) is 5.56 Å². The van der Waals surface area contributed by atoms with Crippen molar-refractivity contribution in [2.24, 2.45) is 0 Å². The molecule has 0 aliphatic carbocycles. The SMILES string of the molecule is CCN(CC)CCNCc1cc(Br)c(OC)c(Br)c1. The van der Waals surface area contributed by atoms with Crippen LogP contribution in [0.3, 0.4) is 0 Å². The Morgan fingerprint density at radius 2 is 1.74 bits per heavy atom. The van der Waals surface area contributed by atoms with Gasteiger partial charge in [-0.1, -0.05) is 13.8 Å². The number of hydrogen-bond donors (Lipinski definition) is 1. The quantitative estimate of drug-likeness (QED) is 0.682. The van der Waals surface area contributed by atoms with Gasteiger partial charge in [-0.25, -0.2) is 0 Å². The third-order valence-corrected chi connectivity index (χ3v) is 4.27. The molecule has 0 aromatic heterocycles. The highest BCUT2D eigenvalue weighted by molar-refractivity contribution is 9.11. The number of likely N-dealkylation sites (N-methyl/N-ethyl adjacent to an activating group) is 1. The summed E-state index contributed by atoms with van der Waals surface area (Å²) in [6.07, 6.45) is 0. The third kappa shape index (κ3) is 5.42. The molecule has 1 aromatic rings. The van der Waals surface area contributed by atoms with Crippen LogP contribution in [-0.2, 0) is 6.54 Å². The molecule has 0 bridgehead atoms. The van der Waals surface area contributed by atoms with E-state index in [2.05, 4.69) is 68.1 Å². The Kier molecular flexibility index (Phi) is 7.99. The monoisotopic (exact) mass is 392 g/mol. The Balaban J connectivity index is 2.46. The van der Waals surface area contributed by atoms with Crippen LogP contribution < -0.4 is 10.1 Å². The lowest BCUT2D eigenvalue weighted by molar-refractivity contribution is 0.302. The second-order valence-electron chi connectivity index (χ2n) is 4.30. The van der Waals surface area contributed by atoms with Gasteiger partial charge in [0, 0.05) is 19.6 Å². The van der Waals surface area contributed by atoms with Gasteiger partial charge in [-0.05, 0) is 62.6 Å². The van der Waals surface area contributed by atoms with Crippen LogP contribution in [0.2, 0.25) is 0 Å². The maximum atomic E-state index is 5.30. The molecule has 108 valence electrons. The molecular weight excluding hydrogens is 372 g/mol. The van der Waals surface area contributed by atoms with E-state index >= 15 is 0 Å². The number of benzene rings is 1. The van der Waals surface area contributed by atoms with Crippen LogP contribution in [0.15, 0.2) is 21.1 Å². The molecule has 3 nitrogen and oxygen atoms in total. The molecule has 1 N–H and O–H groups in total. The number of hydrogen-bond acceptors (Lipinski definition) is 3. The summed E-state index contributed by atoms with van der Waals surface area (Å²) in [4.78, 5) is 2.41. The minimum Gasteiger partial charge on any atom is -0.494 e. The molecule has 0 fully saturated rings. The van der Waals surface area contributed by atoms with Crippen LogP contribution in [0.5, 0.6) is 5.75 Å². The number of halogens is 2. The molecule has 0 radical (unpaired) electrons. The first-order chi connectivity index (χ1) is 9.12. The minimum absolute atomic E-state index is 0.840. The van der Waals surface area contributed by atoms with Gasteiger partial charge in [0.05, 0.1) is 16.1 Å². The van der Waals surface area contributed by atoms with Crippen molar-refractivity contribution in [1.82, 2.24) is 10.2 Å². The number of nitrogens with one attached hydrogen (secondary N) is 1. The predicted octanol–water partition coefficient (Wildman–Crippen LogP) is 3.65. The largest absolute Gasteiger partial charge is 0.494 e. The Morgan fingerprint density at radius 1 is 1.16 bits per heavy atom. The van der Waals surface area contributed by atoms with Crippen molar-refractivity contribution < 1.29 is 4.74 Å². The highest BCUT2D eigenvalue weighted by Gasteiger charge is 2.07. The Labute approximate surface area is 133 Å². The first kappa shape index (κ1) is 17.0. The summed E-state index contributed by atoms with van der Waals surface area (Å²) < 4.78 is 7.25. The molecule has 5 heteroatoms. The molecule has 0 amide bonds. The molecule has 1 aromatic carbocycles. The topological polar surface area (TPSA) is 24.5 Å². The van der Waals surface area contributed by atoms with Crippen molar-refractivity contribution in [2.75, 3.05) is 33.3 Å². The first-order valence-corrected chi connectivity index (χ1v) is 8.15. The average molecular weight is 394 g/mol. The van der Waals surface area contributed by atoms with Crippen molar-refractivity contribution in [3.63, 3.8) is 0 Å². The lowest BCUT2D eigenvalue weighted by Crippen LogP contribution is -2.31. The van der Waals surface area contributed by atoms with E-state index in [1.807, 2.05) is 0 Å². The standard InChI is InChI=1S/C14H22Br2N2O/c1-4-18(5-2)7-6-17-10-11-8-12(15)14(19-3)13(16)9-11/h8-9,17H,4-7,10H2,1-3H3. The zero-order valence-corrected chi connectivity index (χ0v) is 15.0. The number of methoxy groups -OCH3 is 1. The normalized spacial score (nSPS) is 11.1. The van der Waals surface area contributed by atoms with E-state index in [4.69, 9.17) is 4.74 Å². The van der Waals surface area contributed by atoms with E-state index in [0.29, 0.717) is 0 Å². The Hall–Kier alpha value is -0.100. The minimum atomic E-state index is 0.840.